The third-order valence-electron chi connectivity index (χ3n) is 0.829. The Morgan fingerprint density at radius 3 is 3.00 bits per heavy atom. The second kappa shape index (κ2) is 2.68. The molecule has 0 N–H and O–H groups in total. The van der Waals surface area contributed by atoms with Gasteiger partial charge < -0.3 is 4.52 Å². The Labute approximate surface area is 56.4 Å². The van der Waals surface area contributed by atoms with Gasteiger partial charge in [0.05, 0.1) is 0 Å². The summed E-state index contributed by atoms with van der Waals surface area (Å²) in [5.41, 5.74) is 0.347. The molecule has 0 saturated carbocycles. The molecule has 1 heterocycles. The molecule has 0 aliphatic rings. The van der Waals surface area contributed by atoms with E-state index in [-0.39, 0.29) is 0 Å². The van der Waals surface area contributed by atoms with Crippen molar-refractivity contribution in [1.82, 2.24) is 5.16 Å². The molecule has 0 aliphatic carbocycles. The Morgan fingerprint density at radius 1 is 1.89 bits per heavy atom. The van der Waals surface area contributed by atoms with Crippen molar-refractivity contribution in [3.63, 3.8) is 0 Å². The molecule has 0 unspecified atom stereocenters. The van der Waals surface area contributed by atoms with E-state index < -0.39 is 0 Å². The maximum atomic E-state index is 10.0. The summed E-state index contributed by atoms with van der Waals surface area (Å²) in [6.07, 6.45) is 2.51. The zero-order valence-corrected chi connectivity index (χ0v) is 5.64. The molecule has 0 radical (unpaired) electrons. The van der Waals surface area contributed by atoms with Crippen molar-refractivity contribution < 1.29 is 9.32 Å². The van der Waals surface area contributed by atoms with Gasteiger partial charge in [-0.05, 0) is 6.26 Å². The van der Waals surface area contributed by atoms with Gasteiger partial charge in [-0.25, -0.2) is 0 Å². The highest BCUT2D eigenvalue weighted by Crippen LogP contribution is 2.13. The summed E-state index contributed by atoms with van der Waals surface area (Å²) in [4.78, 5) is 10.0. The maximum absolute atomic E-state index is 10.0. The lowest BCUT2D eigenvalue weighted by Gasteiger charge is -1.76. The summed E-state index contributed by atoms with van der Waals surface area (Å²) < 4.78 is 4.69. The quantitative estimate of drug-likeness (QED) is 0.461. The van der Waals surface area contributed by atoms with Crippen LogP contribution in [0.15, 0.2) is 15.7 Å². The Balaban J connectivity index is 2.86. The number of thioether (sulfide) groups is 1. The Kier molecular flexibility index (Phi) is 1.89. The molecule has 1 rings (SSSR count). The Hall–Kier alpha value is -0.770. The number of aromatic nitrogens is 1. The Bertz CT molecular complexity index is 208. The minimum absolute atomic E-state index is 0.347. The molecule has 4 heteroatoms. The van der Waals surface area contributed by atoms with E-state index in [0.717, 1.165) is 0 Å². The molecule has 1 aromatic rings. The summed E-state index contributed by atoms with van der Waals surface area (Å²) in [6, 6.07) is 1.59. The van der Waals surface area contributed by atoms with Crippen molar-refractivity contribution in [3.05, 3.63) is 11.8 Å². The van der Waals surface area contributed by atoms with Crippen LogP contribution in [0.25, 0.3) is 0 Å². The molecule has 0 fully saturated rings. The lowest BCUT2D eigenvalue weighted by molar-refractivity contribution is 0.111. The zero-order valence-electron chi connectivity index (χ0n) is 4.83. The van der Waals surface area contributed by atoms with Crippen molar-refractivity contribution in [2.24, 2.45) is 0 Å². The van der Waals surface area contributed by atoms with Crippen molar-refractivity contribution in [2.45, 2.75) is 5.09 Å². The number of carbonyl (C=O) groups is 1. The van der Waals surface area contributed by atoms with Gasteiger partial charge in [0.25, 0.3) is 0 Å². The highest BCUT2D eigenvalue weighted by atomic mass is 32.2. The zero-order chi connectivity index (χ0) is 6.69. The first kappa shape index (κ1) is 6.35. The van der Waals surface area contributed by atoms with Crippen LogP contribution in [-0.2, 0) is 0 Å². The van der Waals surface area contributed by atoms with E-state index in [1.54, 1.807) is 6.07 Å². The average Bonchev–Trinajstić information content (AvgIpc) is 2.34. The lowest BCUT2D eigenvalue weighted by Crippen LogP contribution is -1.72. The third kappa shape index (κ3) is 1.32. The molecular weight excluding hydrogens is 138 g/mol. The van der Waals surface area contributed by atoms with Crippen molar-refractivity contribution in [3.8, 4) is 0 Å². The molecule has 1 aromatic heterocycles. The van der Waals surface area contributed by atoms with Gasteiger partial charge in [0.1, 0.15) is 5.69 Å². The number of hydrogen-bond donors (Lipinski definition) is 0. The van der Waals surface area contributed by atoms with Gasteiger partial charge in [0.15, 0.2) is 11.4 Å². The summed E-state index contributed by atoms with van der Waals surface area (Å²) in [5, 5.41) is 4.11. The molecule has 48 valence electrons. The largest absolute Gasteiger partial charge is 0.349 e. The smallest absolute Gasteiger partial charge is 0.193 e. The van der Waals surface area contributed by atoms with E-state index in [1.807, 2.05) is 6.26 Å². The van der Waals surface area contributed by atoms with Crippen LogP contribution in [0.5, 0.6) is 0 Å². The van der Waals surface area contributed by atoms with E-state index in [1.165, 1.54) is 11.8 Å². The second-order valence-electron chi connectivity index (χ2n) is 1.39. The van der Waals surface area contributed by atoms with Crippen LogP contribution in [0.1, 0.15) is 10.5 Å². The van der Waals surface area contributed by atoms with Crippen molar-refractivity contribution >= 4 is 18.0 Å². The summed E-state index contributed by atoms with van der Waals surface area (Å²) >= 11 is 1.42. The summed E-state index contributed by atoms with van der Waals surface area (Å²) in [7, 11) is 0. The molecule has 0 atom stereocenters. The Morgan fingerprint density at radius 2 is 2.67 bits per heavy atom. The summed E-state index contributed by atoms with van der Waals surface area (Å²) in [6.45, 7) is 0. The van der Waals surface area contributed by atoms with Gasteiger partial charge in [-0.2, -0.15) is 0 Å². The average molecular weight is 143 g/mol. The predicted octanol–water partition coefficient (Wildman–Crippen LogP) is 1.21. The molecule has 0 aromatic carbocycles. The van der Waals surface area contributed by atoms with E-state index in [0.29, 0.717) is 17.1 Å². The van der Waals surface area contributed by atoms with Crippen molar-refractivity contribution in [1.29, 1.82) is 0 Å². The first-order chi connectivity index (χ1) is 4.36. The van der Waals surface area contributed by atoms with E-state index >= 15 is 0 Å². The normalized spacial score (nSPS) is 9.44. The van der Waals surface area contributed by atoms with Gasteiger partial charge in [0.2, 0.25) is 0 Å². The fourth-order valence-electron chi connectivity index (χ4n) is 0.423. The van der Waals surface area contributed by atoms with Gasteiger partial charge in [0, 0.05) is 6.07 Å². The van der Waals surface area contributed by atoms with Crippen LogP contribution in [0.2, 0.25) is 0 Å². The van der Waals surface area contributed by atoms with E-state index in [9.17, 15) is 4.79 Å². The highest BCUT2D eigenvalue weighted by molar-refractivity contribution is 7.98. The number of nitrogens with zero attached hydrogens (tertiary/aromatic N) is 1. The van der Waals surface area contributed by atoms with Gasteiger partial charge in [-0.3, -0.25) is 4.79 Å². The van der Waals surface area contributed by atoms with Gasteiger partial charge >= 0.3 is 0 Å². The van der Waals surface area contributed by atoms with Gasteiger partial charge in [-0.15, -0.1) is 0 Å². The number of hydrogen-bond acceptors (Lipinski definition) is 4. The number of carbonyl (C=O) groups excluding carboxylic acids is 1. The summed E-state index contributed by atoms with van der Waals surface area (Å²) in [5.74, 6) is 0. The minimum Gasteiger partial charge on any atom is -0.349 e. The first-order valence-electron chi connectivity index (χ1n) is 2.32. The molecule has 0 amide bonds. The third-order valence-corrected chi connectivity index (χ3v) is 1.42. The second-order valence-corrected chi connectivity index (χ2v) is 2.20. The standard InChI is InChI=1S/C5H5NO2S/c1-9-5-2-4(3-7)6-8-5/h2-3H,1H3. The highest BCUT2D eigenvalue weighted by Gasteiger charge is 1.98. The fraction of sp³-hybridized carbons (Fsp3) is 0.200. The lowest BCUT2D eigenvalue weighted by atomic mass is 10.5. The van der Waals surface area contributed by atoms with Crippen LogP contribution < -0.4 is 0 Å². The first-order valence-corrected chi connectivity index (χ1v) is 3.55. The van der Waals surface area contributed by atoms with Crippen LogP contribution >= 0.6 is 11.8 Å². The molecule has 0 saturated heterocycles. The number of rotatable bonds is 2. The van der Waals surface area contributed by atoms with Crippen LogP contribution in [0, 0.1) is 0 Å². The monoisotopic (exact) mass is 143 g/mol. The fourth-order valence-corrected chi connectivity index (χ4v) is 0.773. The molecular formula is C5H5NO2S. The van der Waals surface area contributed by atoms with Crippen LogP contribution in [0.3, 0.4) is 0 Å². The predicted molar refractivity (Wildman–Crippen MR) is 33.7 cm³/mol. The number of aldehydes is 1. The molecule has 0 bridgehead atoms. The SMILES string of the molecule is CSc1cc(C=O)no1. The maximum Gasteiger partial charge on any atom is 0.193 e. The molecule has 9 heavy (non-hydrogen) atoms. The van der Waals surface area contributed by atoms with Gasteiger partial charge in [-0.1, -0.05) is 16.9 Å². The van der Waals surface area contributed by atoms with Crippen LogP contribution in [-0.4, -0.2) is 17.7 Å². The van der Waals surface area contributed by atoms with Crippen LogP contribution in [0.4, 0.5) is 0 Å². The van der Waals surface area contributed by atoms with Crippen molar-refractivity contribution in [2.75, 3.05) is 6.26 Å². The minimum atomic E-state index is 0.347. The van der Waals surface area contributed by atoms with E-state index in [4.69, 9.17) is 0 Å². The van der Waals surface area contributed by atoms with E-state index in [2.05, 4.69) is 9.68 Å². The topological polar surface area (TPSA) is 43.1 Å². The molecule has 0 aliphatic heterocycles. The molecule has 0 spiro atoms. The molecule has 3 nitrogen and oxygen atoms in total.